The number of hydrogen-bond donors (Lipinski definition) is 1. The monoisotopic (exact) mass is 351 g/mol. The summed E-state index contributed by atoms with van der Waals surface area (Å²) in [6.07, 6.45) is 7.06. The van der Waals surface area contributed by atoms with Gasteiger partial charge in [-0.2, -0.15) is 0 Å². The summed E-state index contributed by atoms with van der Waals surface area (Å²) >= 11 is 3.57. The number of benzene rings is 1. The third-order valence-corrected chi connectivity index (χ3v) is 5.98. The Morgan fingerprint density at radius 1 is 1.38 bits per heavy atom. The summed E-state index contributed by atoms with van der Waals surface area (Å²) in [6, 6.07) is 9.65. The van der Waals surface area contributed by atoms with E-state index in [0.717, 1.165) is 11.1 Å². The standard InChI is InChI=1S/C18H26BrNO/c1-3-21-17-12-16(18(17)9-4-5-10-18)20-13(2)14-7-6-8-15(19)11-14/h6-8,11,13,16-17,20H,3-5,9-10,12H2,1-2H3/t13-,16?,17?/m1/s1. The van der Waals surface area contributed by atoms with Crippen molar-refractivity contribution >= 4 is 15.9 Å². The van der Waals surface area contributed by atoms with Crippen molar-refractivity contribution in [3.05, 3.63) is 34.3 Å². The number of rotatable bonds is 5. The minimum absolute atomic E-state index is 0.396. The molecule has 2 saturated carbocycles. The summed E-state index contributed by atoms with van der Waals surface area (Å²) in [5, 5.41) is 3.88. The summed E-state index contributed by atoms with van der Waals surface area (Å²) in [5.74, 6) is 0. The van der Waals surface area contributed by atoms with Gasteiger partial charge in [-0.1, -0.05) is 40.9 Å². The summed E-state index contributed by atoms with van der Waals surface area (Å²) < 4.78 is 7.16. The van der Waals surface area contributed by atoms with Crippen molar-refractivity contribution in [2.24, 2.45) is 5.41 Å². The number of nitrogens with one attached hydrogen (secondary N) is 1. The van der Waals surface area contributed by atoms with E-state index in [0.29, 0.717) is 23.6 Å². The molecule has 2 nitrogen and oxygen atoms in total. The lowest BCUT2D eigenvalue weighted by Crippen LogP contribution is -2.63. The summed E-state index contributed by atoms with van der Waals surface area (Å²) in [7, 11) is 0. The molecular weight excluding hydrogens is 326 g/mol. The van der Waals surface area contributed by atoms with Crippen LogP contribution in [0.3, 0.4) is 0 Å². The molecule has 2 aliphatic carbocycles. The van der Waals surface area contributed by atoms with Gasteiger partial charge in [-0.05, 0) is 50.8 Å². The van der Waals surface area contributed by atoms with Gasteiger partial charge in [0, 0.05) is 28.6 Å². The van der Waals surface area contributed by atoms with Gasteiger partial charge in [-0.25, -0.2) is 0 Å². The highest BCUT2D eigenvalue weighted by Crippen LogP contribution is 2.55. The van der Waals surface area contributed by atoms with E-state index in [2.05, 4.69) is 59.4 Å². The first kappa shape index (κ1) is 15.5. The van der Waals surface area contributed by atoms with Gasteiger partial charge < -0.3 is 10.1 Å². The quantitative estimate of drug-likeness (QED) is 0.819. The number of ether oxygens (including phenoxy) is 1. The molecule has 0 aliphatic heterocycles. The Bertz CT molecular complexity index is 484. The van der Waals surface area contributed by atoms with Crippen LogP contribution >= 0.6 is 15.9 Å². The minimum atomic E-state index is 0.396. The summed E-state index contributed by atoms with van der Waals surface area (Å²) in [6.45, 7) is 5.24. The van der Waals surface area contributed by atoms with E-state index >= 15 is 0 Å². The third kappa shape index (κ3) is 2.93. The summed E-state index contributed by atoms with van der Waals surface area (Å²) in [4.78, 5) is 0. The van der Waals surface area contributed by atoms with Crippen LogP contribution in [0.1, 0.15) is 57.6 Å². The Balaban J connectivity index is 1.67. The van der Waals surface area contributed by atoms with Gasteiger partial charge in [0.2, 0.25) is 0 Å². The van der Waals surface area contributed by atoms with Crippen LogP contribution in [0.2, 0.25) is 0 Å². The van der Waals surface area contributed by atoms with Gasteiger partial charge in [0.05, 0.1) is 6.10 Å². The molecule has 0 radical (unpaired) electrons. The third-order valence-electron chi connectivity index (χ3n) is 5.49. The second kappa shape index (κ2) is 6.39. The minimum Gasteiger partial charge on any atom is -0.378 e. The largest absolute Gasteiger partial charge is 0.378 e. The first-order valence-corrected chi connectivity index (χ1v) is 9.08. The first-order valence-electron chi connectivity index (χ1n) is 8.29. The average molecular weight is 352 g/mol. The fraction of sp³-hybridized carbons (Fsp3) is 0.667. The molecule has 116 valence electrons. The molecule has 21 heavy (non-hydrogen) atoms. The molecule has 3 rings (SSSR count). The maximum atomic E-state index is 6.00. The Kier molecular flexibility index (Phi) is 4.72. The van der Waals surface area contributed by atoms with E-state index in [-0.39, 0.29) is 0 Å². The smallest absolute Gasteiger partial charge is 0.0661 e. The Morgan fingerprint density at radius 2 is 2.14 bits per heavy atom. The van der Waals surface area contributed by atoms with Gasteiger partial charge in [-0.3, -0.25) is 0 Å². The molecule has 2 aliphatic rings. The zero-order valence-corrected chi connectivity index (χ0v) is 14.7. The zero-order valence-electron chi connectivity index (χ0n) is 13.1. The van der Waals surface area contributed by atoms with E-state index < -0.39 is 0 Å². The molecule has 0 aromatic heterocycles. The maximum absolute atomic E-state index is 6.00. The van der Waals surface area contributed by atoms with Gasteiger partial charge in [0.25, 0.3) is 0 Å². The van der Waals surface area contributed by atoms with Crippen molar-refractivity contribution in [1.29, 1.82) is 0 Å². The lowest BCUT2D eigenvalue weighted by atomic mass is 9.60. The number of hydrogen-bond acceptors (Lipinski definition) is 2. The molecule has 1 aromatic rings. The molecule has 2 fully saturated rings. The predicted molar refractivity (Wildman–Crippen MR) is 90.4 cm³/mol. The van der Waals surface area contributed by atoms with Crippen molar-refractivity contribution in [3.63, 3.8) is 0 Å². The van der Waals surface area contributed by atoms with Crippen LogP contribution in [-0.4, -0.2) is 18.8 Å². The highest BCUT2D eigenvalue weighted by atomic mass is 79.9. The van der Waals surface area contributed by atoms with E-state index in [1.165, 1.54) is 37.7 Å². The van der Waals surface area contributed by atoms with Crippen molar-refractivity contribution in [1.82, 2.24) is 5.32 Å². The first-order chi connectivity index (χ1) is 10.2. The van der Waals surface area contributed by atoms with Crippen LogP contribution in [0.15, 0.2) is 28.7 Å². The molecule has 1 N–H and O–H groups in total. The molecule has 0 saturated heterocycles. The second-order valence-electron chi connectivity index (χ2n) is 6.62. The van der Waals surface area contributed by atoms with E-state index in [1.54, 1.807) is 0 Å². The molecular formula is C18H26BrNO. The predicted octanol–water partition coefficient (Wildman–Crippen LogP) is 4.84. The SMILES string of the molecule is CCOC1CC(N[C@H](C)c2cccc(Br)c2)C12CCCC2. The summed E-state index contributed by atoms with van der Waals surface area (Å²) in [5.41, 5.74) is 1.77. The van der Waals surface area contributed by atoms with Crippen molar-refractivity contribution < 1.29 is 4.74 Å². The molecule has 0 heterocycles. The fourth-order valence-corrected chi connectivity index (χ4v) is 4.71. The van der Waals surface area contributed by atoms with E-state index in [4.69, 9.17) is 4.74 Å². The molecule has 0 amide bonds. The van der Waals surface area contributed by atoms with Crippen LogP contribution in [0.4, 0.5) is 0 Å². The lowest BCUT2D eigenvalue weighted by Gasteiger charge is -2.55. The Labute approximate surface area is 136 Å². The van der Waals surface area contributed by atoms with Crippen LogP contribution in [-0.2, 0) is 4.74 Å². The zero-order chi connectivity index (χ0) is 14.9. The molecule has 3 atom stereocenters. The molecule has 0 bridgehead atoms. The van der Waals surface area contributed by atoms with Gasteiger partial charge >= 0.3 is 0 Å². The highest BCUT2D eigenvalue weighted by Gasteiger charge is 2.56. The van der Waals surface area contributed by atoms with Crippen molar-refractivity contribution in [2.45, 2.75) is 64.1 Å². The number of halogens is 1. The van der Waals surface area contributed by atoms with Crippen LogP contribution in [0.5, 0.6) is 0 Å². The molecule has 1 aromatic carbocycles. The van der Waals surface area contributed by atoms with Crippen LogP contribution < -0.4 is 5.32 Å². The fourth-order valence-electron chi connectivity index (χ4n) is 4.29. The van der Waals surface area contributed by atoms with Gasteiger partial charge in [0.1, 0.15) is 0 Å². The van der Waals surface area contributed by atoms with Crippen LogP contribution in [0, 0.1) is 5.41 Å². The lowest BCUT2D eigenvalue weighted by molar-refractivity contribution is -0.132. The average Bonchev–Trinajstić information content (AvgIpc) is 2.98. The molecule has 2 unspecified atom stereocenters. The second-order valence-corrected chi connectivity index (χ2v) is 7.53. The van der Waals surface area contributed by atoms with Crippen molar-refractivity contribution in [2.75, 3.05) is 6.61 Å². The highest BCUT2D eigenvalue weighted by molar-refractivity contribution is 9.10. The van der Waals surface area contributed by atoms with Crippen molar-refractivity contribution in [3.8, 4) is 0 Å². The Morgan fingerprint density at radius 3 is 2.81 bits per heavy atom. The van der Waals surface area contributed by atoms with Gasteiger partial charge in [-0.15, -0.1) is 0 Å². The maximum Gasteiger partial charge on any atom is 0.0661 e. The molecule has 3 heteroatoms. The van der Waals surface area contributed by atoms with Crippen LogP contribution in [0.25, 0.3) is 0 Å². The molecule has 1 spiro atoms. The topological polar surface area (TPSA) is 21.3 Å². The van der Waals surface area contributed by atoms with E-state index in [9.17, 15) is 0 Å². The Hall–Kier alpha value is -0.380. The van der Waals surface area contributed by atoms with E-state index in [1.807, 2.05) is 0 Å². The normalized spacial score (nSPS) is 28.5. The van der Waals surface area contributed by atoms with Gasteiger partial charge in [0.15, 0.2) is 0 Å².